The van der Waals surface area contributed by atoms with Gasteiger partial charge < -0.3 is 14.2 Å². The SMILES string of the molecule is CCOC(=O)NC(=O)/C(C#N)=C\c1cc(Br)c(OC)cc1OC. The van der Waals surface area contributed by atoms with Crippen molar-refractivity contribution in [1.29, 1.82) is 5.26 Å². The van der Waals surface area contributed by atoms with Gasteiger partial charge in [-0.05, 0) is 35.0 Å². The highest BCUT2D eigenvalue weighted by molar-refractivity contribution is 9.10. The summed E-state index contributed by atoms with van der Waals surface area (Å²) in [6, 6.07) is 4.97. The highest BCUT2D eigenvalue weighted by atomic mass is 79.9. The number of hydrogen-bond acceptors (Lipinski definition) is 6. The molecule has 122 valence electrons. The molecule has 0 saturated carbocycles. The molecule has 0 heterocycles. The number of nitriles is 1. The summed E-state index contributed by atoms with van der Waals surface area (Å²) < 4.78 is 15.6. The average molecular weight is 383 g/mol. The van der Waals surface area contributed by atoms with Crippen molar-refractivity contribution in [2.45, 2.75) is 6.92 Å². The summed E-state index contributed by atoms with van der Waals surface area (Å²) in [5.41, 5.74) is 0.198. The number of rotatable bonds is 5. The Morgan fingerprint density at radius 3 is 2.48 bits per heavy atom. The molecule has 0 saturated heterocycles. The van der Waals surface area contributed by atoms with Crippen molar-refractivity contribution >= 4 is 34.0 Å². The molecule has 0 radical (unpaired) electrons. The lowest BCUT2D eigenvalue weighted by atomic mass is 10.1. The first-order valence-corrected chi connectivity index (χ1v) is 7.27. The van der Waals surface area contributed by atoms with Crippen molar-refractivity contribution in [3.05, 3.63) is 27.7 Å². The Bertz CT molecular complexity index is 679. The zero-order valence-electron chi connectivity index (χ0n) is 12.8. The number of benzene rings is 1. The summed E-state index contributed by atoms with van der Waals surface area (Å²) in [4.78, 5) is 23.1. The maximum absolute atomic E-state index is 11.9. The Hall–Kier alpha value is -2.53. The summed E-state index contributed by atoms with van der Waals surface area (Å²) >= 11 is 3.31. The minimum Gasteiger partial charge on any atom is -0.496 e. The van der Waals surface area contributed by atoms with E-state index in [1.54, 1.807) is 25.1 Å². The zero-order valence-corrected chi connectivity index (χ0v) is 14.4. The molecule has 2 amide bonds. The molecular weight excluding hydrogens is 368 g/mol. The molecule has 0 aliphatic rings. The number of alkyl carbamates (subject to hydrolysis) is 1. The van der Waals surface area contributed by atoms with Gasteiger partial charge in [0, 0.05) is 11.6 Å². The summed E-state index contributed by atoms with van der Waals surface area (Å²) in [7, 11) is 2.95. The van der Waals surface area contributed by atoms with E-state index in [1.807, 2.05) is 5.32 Å². The standard InChI is InChI=1S/C15H15BrN2O5/c1-4-23-15(20)18-14(19)10(8-17)5-9-6-11(16)13(22-3)7-12(9)21-2/h5-7H,4H2,1-3H3,(H,18,19,20)/b10-5-. The maximum Gasteiger partial charge on any atom is 0.414 e. The number of ether oxygens (including phenoxy) is 3. The molecule has 0 fully saturated rings. The summed E-state index contributed by atoms with van der Waals surface area (Å²) in [5.74, 6) is 0.0789. The van der Waals surface area contributed by atoms with E-state index in [0.717, 1.165) is 0 Å². The van der Waals surface area contributed by atoms with Gasteiger partial charge in [0.2, 0.25) is 0 Å². The van der Waals surface area contributed by atoms with Gasteiger partial charge in [0.1, 0.15) is 23.1 Å². The molecule has 0 aromatic heterocycles. The van der Waals surface area contributed by atoms with Gasteiger partial charge in [0.25, 0.3) is 5.91 Å². The monoisotopic (exact) mass is 382 g/mol. The summed E-state index contributed by atoms with van der Waals surface area (Å²) in [6.45, 7) is 1.72. The Morgan fingerprint density at radius 1 is 1.30 bits per heavy atom. The van der Waals surface area contributed by atoms with Crippen LogP contribution in [0.4, 0.5) is 4.79 Å². The van der Waals surface area contributed by atoms with E-state index >= 15 is 0 Å². The summed E-state index contributed by atoms with van der Waals surface area (Å²) in [6.07, 6.45) is 0.388. The first-order chi connectivity index (χ1) is 11.0. The Balaban J connectivity index is 3.16. The second kappa shape index (κ2) is 8.80. The van der Waals surface area contributed by atoms with Crippen LogP contribution >= 0.6 is 15.9 Å². The minimum atomic E-state index is -0.915. The second-order valence-electron chi connectivity index (χ2n) is 4.07. The van der Waals surface area contributed by atoms with Crippen LogP contribution in [0, 0.1) is 11.3 Å². The van der Waals surface area contributed by atoms with Gasteiger partial charge in [0.05, 0.1) is 25.3 Å². The van der Waals surface area contributed by atoms with Crippen LogP contribution in [0.25, 0.3) is 6.08 Å². The van der Waals surface area contributed by atoms with E-state index in [0.29, 0.717) is 21.5 Å². The molecule has 0 bridgehead atoms. The number of methoxy groups -OCH3 is 2. The fraction of sp³-hybridized carbons (Fsp3) is 0.267. The molecule has 0 atom stereocenters. The number of carbonyl (C=O) groups is 2. The van der Waals surface area contributed by atoms with Crippen LogP contribution in [-0.2, 0) is 9.53 Å². The number of nitrogens with zero attached hydrogens (tertiary/aromatic N) is 1. The van der Waals surface area contributed by atoms with Gasteiger partial charge in [0.15, 0.2) is 0 Å². The third kappa shape index (κ3) is 5.00. The molecule has 1 N–H and O–H groups in total. The van der Waals surface area contributed by atoms with Gasteiger partial charge >= 0.3 is 6.09 Å². The van der Waals surface area contributed by atoms with E-state index in [1.165, 1.54) is 20.3 Å². The van der Waals surface area contributed by atoms with Crippen LogP contribution in [0.2, 0.25) is 0 Å². The number of imide groups is 1. The lowest BCUT2D eigenvalue weighted by Crippen LogP contribution is -2.31. The third-order valence-electron chi connectivity index (χ3n) is 2.66. The Morgan fingerprint density at radius 2 is 1.96 bits per heavy atom. The molecular formula is C15H15BrN2O5. The van der Waals surface area contributed by atoms with Gasteiger partial charge in [-0.3, -0.25) is 10.1 Å². The number of nitrogens with one attached hydrogen (secondary N) is 1. The normalized spacial score (nSPS) is 10.5. The number of halogens is 1. The number of carbonyl (C=O) groups excluding carboxylic acids is 2. The van der Waals surface area contributed by atoms with Crippen LogP contribution in [0.3, 0.4) is 0 Å². The van der Waals surface area contributed by atoms with Crippen molar-refractivity contribution < 1.29 is 23.8 Å². The molecule has 1 aromatic rings. The highest BCUT2D eigenvalue weighted by Crippen LogP contribution is 2.33. The quantitative estimate of drug-likeness (QED) is 0.620. The topological polar surface area (TPSA) is 97.7 Å². The molecule has 7 nitrogen and oxygen atoms in total. The molecule has 1 aromatic carbocycles. The molecule has 8 heteroatoms. The van der Waals surface area contributed by atoms with Gasteiger partial charge in [-0.25, -0.2) is 4.79 Å². The highest BCUT2D eigenvalue weighted by Gasteiger charge is 2.15. The average Bonchev–Trinajstić information content (AvgIpc) is 2.52. The lowest BCUT2D eigenvalue weighted by Gasteiger charge is -2.10. The lowest BCUT2D eigenvalue weighted by molar-refractivity contribution is -0.116. The van der Waals surface area contributed by atoms with Crippen LogP contribution in [-0.4, -0.2) is 32.8 Å². The molecule has 0 aliphatic carbocycles. The van der Waals surface area contributed by atoms with Gasteiger partial charge in [-0.2, -0.15) is 5.26 Å². The molecule has 0 spiro atoms. The fourth-order valence-electron chi connectivity index (χ4n) is 1.63. The predicted octanol–water partition coefficient (Wildman–Crippen LogP) is 2.65. The summed E-state index contributed by atoms with van der Waals surface area (Å²) in [5, 5.41) is 11.1. The number of amides is 2. The van der Waals surface area contributed by atoms with Crippen molar-refractivity contribution in [2.24, 2.45) is 0 Å². The van der Waals surface area contributed by atoms with Crippen LogP contribution < -0.4 is 14.8 Å². The van der Waals surface area contributed by atoms with Crippen LogP contribution in [0.1, 0.15) is 12.5 Å². The van der Waals surface area contributed by atoms with Crippen molar-refractivity contribution in [1.82, 2.24) is 5.32 Å². The smallest absolute Gasteiger partial charge is 0.414 e. The van der Waals surface area contributed by atoms with Crippen molar-refractivity contribution in [2.75, 3.05) is 20.8 Å². The third-order valence-corrected chi connectivity index (χ3v) is 3.28. The second-order valence-corrected chi connectivity index (χ2v) is 4.93. The first kappa shape index (κ1) is 18.5. The molecule has 0 aliphatic heterocycles. The van der Waals surface area contributed by atoms with E-state index < -0.39 is 12.0 Å². The molecule has 23 heavy (non-hydrogen) atoms. The van der Waals surface area contributed by atoms with Crippen LogP contribution in [0.15, 0.2) is 22.2 Å². The number of hydrogen-bond donors (Lipinski definition) is 1. The fourth-order valence-corrected chi connectivity index (χ4v) is 2.15. The van der Waals surface area contributed by atoms with Crippen molar-refractivity contribution in [3.8, 4) is 17.6 Å². The van der Waals surface area contributed by atoms with E-state index in [9.17, 15) is 9.59 Å². The van der Waals surface area contributed by atoms with Gasteiger partial charge in [-0.1, -0.05) is 0 Å². The Kier molecular flexibility index (Phi) is 7.09. The first-order valence-electron chi connectivity index (χ1n) is 6.48. The maximum atomic E-state index is 11.9. The van der Waals surface area contributed by atoms with E-state index in [4.69, 9.17) is 14.7 Å². The Labute approximate surface area is 141 Å². The van der Waals surface area contributed by atoms with E-state index in [-0.39, 0.29) is 12.2 Å². The predicted molar refractivity (Wildman–Crippen MR) is 86.0 cm³/mol. The molecule has 0 unspecified atom stereocenters. The molecule has 1 rings (SSSR count). The minimum absolute atomic E-state index is 0.115. The van der Waals surface area contributed by atoms with E-state index in [2.05, 4.69) is 20.7 Å². The largest absolute Gasteiger partial charge is 0.496 e. The zero-order chi connectivity index (χ0) is 17.4. The van der Waals surface area contributed by atoms with Crippen LogP contribution in [0.5, 0.6) is 11.5 Å². The van der Waals surface area contributed by atoms with Crippen molar-refractivity contribution in [3.63, 3.8) is 0 Å². The van der Waals surface area contributed by atoms with Gasteiger partial charge in [-0.15, -0.1) is 0 Å².